The molecular formula is C17H34F3N3O5. The maximum atomic E-state index is 10.5. The molecule has 0 aliphatic carbocycles. The summed E-state index contributed by atoms with van der Waals surface area (Å²) in [5.41, 5.74) is 5.28. The van der Waals surface area contributed by atoms with E-state index in [0.717, 1.165) is 32.4 Å². The number of carbonyl (C=O) groups excluding carboxylic acids is 1. The highest BCUT2D eigenvalue weighted by molar-refractivity contribution is 5.73. The molecule has 0 amide bonds. The van der Waals surface area contributed by atoms with Gasteiger partial charge in [0.25, 0.3) is 0 Å². The van der Waals surface area contributed by atoms with E-state index in [0.29, 0.717) is 6.54 Å². The molecule has 28 heavy (non-hydrogen) atoms. The topological polar surface area (TPSA) is 124 Å². The molecule has 0 aromatic carbocycles. The second kappa shape index (κ2) is 17.4. The number of unbranched alkanes of at least 4 members (excludes halogenated alkanes) is 1. The number of hydrogen-bond donors (Lipinski definition) is 3. The average Bonchev–Trinajstić information content (AvgIpc) is 2.62. The maximum absolute atomic E-state index is 10.5. The van der Waals surface area contributed by atoms with Crippen molar-refractivity contribution in [2.75, 3.05) is 33.7 Å². The van der Waals surface area contributed by atoms with Crippen molar-refractivity contribution in [1.29, 1.82) is 0 Å². The summed E-state index contributed by atoms with van der Waals surface area (Å²) in [5.74, 6) is -1.53. The zero-order valence-electron chi connectivity index (χ0n) is 17.2. The van der Waals surface area contributed by atoms with Gasteiger partial charge in [0.1, 0.15) is 12.1 Å². The molecule has 0 fully saturated rings. The number of alkyl halides is 3. The van der Waals surface area contributed by atoms with Gasteiger partial charge in [0, 0.05) is 0 Å². The van der Waals surface area contributed by atoms with E-state index in [4.69, 9.17) is 20.7 Å². The minimum atomic E-state index is -4.64. The van der Waals surface area contributed by atoms with E-state index in [9.17, 15) is 22.8 Å². The number of halogens is 3. The smallest absolute Gasteiger partial charge is 0.446 e. The number of rotatable bonds is 10. The zero-order valence-corrected chi connectivity index (χ0v) is 17.2. The Balaban J connectivity index is -0.000000351. The molecule has 11 heteroatoms. The number of nitrogens with two attached hydrogens (primary N) is 1. The Labute approximate surface area is 164 Å². The van der Waals surface area contributed by atoms with Crippen molar-refractivity contribution in [3.63, 3.8) is 0 Å². The summed E-state index contributed by atoms with van der Waals surface area (Å²) < 4.78 is 31.2. The van der Waals surface area contributed by atoms with Gasteiger partial charge in [0.05, 0.1) is 0 Å². The lowest BCUT2D eigenvalue weighted by atomic mass is 10.2. The normalized spacial score (nSPS) is 13.0. The van der Waals surface area contributed by atoms with Crippen molar-refractivity contribution in [3.05, 3.63) is 0 Å². The fourth-order valence-electron chi connectivity index (χ4n) is 1.51. The van der Waals surface area contributed by atoms with Crippen LogP contribution in [0.3, 0.4) is 0 Å². The molecule has 0 spiro atoms. The fourth-order valence-corrected chi connectivity index (χ4v) is 1.51. The van der Waals surface area contributed by atoms with Gasteiger partial charge in [0.15, 0.2) is 0 Å². The predicted molar refractivity (Wildman–Crippen MR) is 100 cm³/mol. The lowest BCUT2D eigenvalue weighted by molar-refractivity contribution is -0.156. The van der Waals surface area contributed by atoms with Crippen LogP contribution in [0.25, 0.3) is 0 Å². The van der Waals surface area contributed by atoms with Gasteiger partial charge in [-0.15, -0.1) is 0 Å². The Bertz CT molecular complexity index is 407. The molecule has 0 bridgehead atoms. The van der Waals surface area contributed by atoms with Crippen LogP contribution in [0.4, 0.5) is 13.2 Å². The van der Waals surface area contributed by atoms with Crippen LogP contribution >= 0.6 is 0 Å². The van der Waals surface area contributed by atoms with E-state index in [2.05, 4.69) is 6.92 Å². The van der Waals surface area contributed by atoms with E-state index >= 15 is 0 Å². The summed E-state index contributed by atoms with van der Waals surface area (Å²) in [7, 11) is 3.63. The van der Waals surface area contributed by atoms with E-state index < -0.39 is 30.4 Å². The van der Waals surface area contributed by atoms with E-state index in [-0.39, 0.29) is 6.04 Å². The number of aliphatic carboxylic acids is 2. The number of carboxylic acids is 2. The summed E-state index contributed by atoms with van der Waals surface area (Å²) in [5, 5.41) is 17.2. The third-order valence-corrected chi connectivity index (χ3v) is 3.75. The van der Waals surface area contributed by atoms with Gasteiger partial charge >= 0.3 is 18.1 Å². The molecular weight excluding hydrogens is 383 g/mol. The molecule has 2 unspecified atom stereocenters. The second-order valence-electron chi connectivity index (χ2n) is 6.14. The van der Waals surface area contributed by atoms with E-state index in [1.165, 1.54) is 0 Å². The summed E-state index contributed by atoms with van der Waals surface area (Å²) in [6.07, 6.45) is -2.69. The van der Waals surface area contributed by atoms with Gasteiger partial charge in [-0.1, -0.05) is 13.3 Å². The van der Waals surface area contributed by atoms with Gasteiger partial charge in [-0.3, -0.25) is 24.2 Å². The maximum Gasteiger partial charge on any atom is 0.446 e. The Morgan fingerprint density at radius 1 is 1.00 bits per heavy atom. The largest absolute Gasteiger partial charge is 0.480 e. The lowest BCUT2D eigenvalue weighted by Crippen LogP contribution is -2.36. The number of carbonyl (C=O) groups is 3. The van der Waals surface area contributed by atoms with Gasteiger partial charge in [-0.05, 0) is 60.4 Å². The third kappa shape index (κ3) is 20.6. The number of carboxylic acid groups (broad SMARTS) is 2. The number of likely N-dealkylation sites (N-methyl/N-ethyl adjacent to an activating group) is 2. The third-order valence-electron chi connectivity index (χ3n) is 3.75. The Morgan fingerprint density at radius 2 is 1.32 bits per heavy atom. The summed E-state index contributed by atoms with van der Waals surface area (Å²) in [4.78, 5) is 33.2. The second-order valence-corrected chi connectivity index (χ2v) is 6.14. The fraction of sp³-hybridized carbons (Fsp3) is 0.824. The summed E-state index contributed by atoms with van der Waals surface area (Å²) >= 11 is 0. The van der Waals surface area contributed by atoms with Crippen molar-refractivity contribution >= 4 is 18.2 Å². The molecule has 0 aliphatic heterocycles. The van der Waals surface area contributed by atoms with Crippen LogP contribution < -0.4 is 5.73 Å². The van der Waals surface area contributed by atoms with Crippen molar-refractivity contribution in [2.45, 2.75) is 58.3 Å². The first-order chi connectivity index (χ1) is 12.7. The first kappa shape index (κ1) is 31.0. The predicted octanol–water partition coefficient (Wildman–Crippen LogP) is 1.68. The first-order valence-electron chi connectivity index (χ1n) is 8.84. The summed E-state index contributed by atoms with van der Waals surface area (Å²) in [6.45, 7) is 7.68. The molecule has 0 rings (SSSR count). The Kier molecular flexibility index (Phi) is 19.2. The SMILES string of the molecule is CC(C(=O)O)N(C)CCCN.CCCCN(C)C(C)C(=O)O.O=CC(F)(F)F. The first-order valence-corrected chi connectivity index (χ1v) is 8.84. The molecule has 8 nitrogen and oxygen atoms in total. The van der Waals surface area contributed by atoms with Crippen LogP contribution in [0.5, 0.6) is 0 Å². The van der Waals surface area contributed by atoms with Gasteiger partial charge in [0.2, 0.25) is 6.29 Å². The number of aldehydes is 1. The van der Waals surface area contributed by atoms with Crippen molar-refractivity contribution < 1.29 is 37.8 Å². The van der Waals surface area contributed by atoms with E-state index in [1.807, 2.05) is 11.9 Å². The minimum absolute atomic E-state index is 0.360. The molecule has 0 radical (unpaired) electrons. The molecule has 4 N–H and O–H groups in total. The molecule has 168 valence electrons. The highest BCUT2D eigenvalue weighted by Crippen LogP contribution is 2.08. The molecule has 0 saturated heterocycles. The van der Waals surface area contributed by atoms with Crippen LogP contribution in [0.1, 0.15) is 40.0 Å². The van der Waals surface area contributed by atoms with Gasteiger partial charge in [-0.2, -0.15) is 13.2 Å². The highest BCUT2D eigenvalue weighted by Gasteiger charge is 2.24. The molecule has 0 heterocycles. The lowest BCUT2D eigenvalue weighted by Gasteiger charge is -2.20. The average molecular weight is 417 g/mol. The summed E-state index contributed by atoms with van der Waals surface area (Å²) in [6, 6.07) is -0.775. The van der Waals surface area contributed by atoms with Crippen LogP contribution in [0, 0.1) is 0 Å². The van der Waals surface area contributed by atoms with Crippen LogP contribution in [-0.2, 0) is 14.4 Å². The molecule has 2 atom stereocenters. The Morgan fingerprint density at radius 3 is 1.54 bits per heavy atom. The number of hydrogen-bond acceptors (Lipinski definition) is 6. The van der Waals surface area contributed by atoms with Crippen molar-refractivity contribution in [3.8, 4) is 0 Å². The van der Waals surface area contributed by atoms with Crippen molar-refractivity contribution in [1.82, 2.24) is 9.80 Å². The Hall–Kier alpha value is -1.72. The monoisotopic (exact) mass is 417 g/mol. The van der Waals surface area contributed by atoms with Crippen molar-refractivity contribution in [2.24, 2.45) is 5.73 Å². The molecule has 0 aliphatic rings. The van der Waals surface area contributed by atoms with Crippen LogP contribution in [0.15, 0.2) is 0 Å². The molecule has 0 saturated carbocycles. The molecule has 0 aromatic rings. The van der Waals surface area contributed by atoms with E-state index in [1.54, 1.807) is 25.8 Å². The number of nitrogens with zero attached hydrogens (tertiary/aromatic N) is 2. The minimum Gasteiger partial charge on any atom is -0.480 e. The van der Waals surface area contributed by atoms with Crippen LogP contribution in [-0.4, -0.2) is 90.2 Å². The van der Waals surface area contributed by atoms with Gasteiger partial charge in [-0.25, -0.2) is 0 Å². The zero-order chi connectivity index (χ0) is 22.9. The molecule has 0 aromatic heterocycles. The standard InChI is InChI=1S/C8H17NO2.C7H16N2O2.C2HF3O/c1-4-5-6-9(3)7(2)8(10)11;1-6(7(10)11)9(2)5-3-4-8;3-2(4,5)1-6/h7H,4-6H2,1-3H3,(H,10,11);6H,3-5,8H2,1-2H3,(H,10,11);1H. The van der Waals surface area contributed by atoms with Crippen LogP contribution in [0.2, 0.25) is 0 Å². The quantitative estimate of drug-likeness (QED) is 0.459. The van der Waals surface area contributed by atoms with Gasteiger partial charge < -0.3 is 15.9 Å². The highest BCUT2D eigenvalue weighted by atomic mass is 19.4.